The van der Waals surface area contributed by atoms with Crippen molar-refractivity contribution in [2.45, 2.75) is 6.92 Å². The molecule has 1 aliphatic rings. The molecule has 2 aromatic carbocycles. The van der Waals surface area contributed by atoms with Crippen LogP contribution in [0.25, 0.3) is 6.08 Å². The molecule has 0 saturated carbocycles. The fourth-order valence-electron chi connectivity index (χ4n) is 2.56. The third-order valence-electron chi connectivity index (χ3n) is 4.08. The van der Waals surface area contributed by atoms with Crippen LogP contribution in [0.3, 0.4) is 0 Å². The number of para-hydroxylation sites is 1. The predicted octanol–water partition coefficient (Wildman–Crippen LogP) is 3.89. The fraction of sp³-hybridized carbons (Fsp3) is 0.150. The third kappa shape index (κ3) is 4.20. The van der Waals surface area contributed by atoms with Gasteiger partial charge in [0.15, 0.2) is 0 Å². The van der Waals surface area contributed by atoms with Gasteiger partial charge >= 0.3 is 5.97 Å². The van der Waals surface area contributed by atoms with Crippen molar-refractivity contribution < 1.29 is 19.1 Å². The lowest BCUT2D eigenvalue weighted by Gasteiger charge is -2.15. The van der Waals surface area contributed by atoms with E-state index < -0.39 is 5.97 Å². The number of carbonyl (C=O) groups excluding carboxylic acids is 3. The van der Waals surface area contributed by atoms with Crippen molar-refractivity contribution in [2.24, 2.45) is 0 Å². The number of nitrogens with one attached hydrogen (secondary N) is 1. The molecule has 7 heteroatoms. The monoisotopic (exact) mass is 382 g/mol. The van der Waals surface area contributed by atoms with Crippen molar-refractivity contribution >= 4 is 40.6 Å². The predicted molar refractivity (Wildman–Crippen MR) is 105 cm³/mol. The molecule has 6 nitrogen and oxygen atoms in total. The quantitative estimate of drug-likeness (QED) is 0.625. The summed E-state index contributed by atoms with van der Waals surface area (Å²) in [4.78, 5) is 37.7. The van der Waals surface area contributed by atoms with E-state index in [0.717, 1.165) is 28.6 Å². The lowest BCUT2D eigenvalue weighted by atomic mass is 10.1. The Morgan fingerprint density at radius 1 is 1.15 bits per heavy atom. The number of anilines is 1. The standard InChI is InChI=1S/C20H18N2O4S/c1-13-5-3-4-6-16(13)21-12-22-18(23)17(27-20(22)25)11-14-7-9-15(10-8-14)19(24)26-2/h3-11,21H,12H2,1-2H3. The van der Waals surface area contributed by atoms with E-state index in [0.29, 0.717) is 10.5 Å². The van der Waals surface area contributed by atoms with Gasteiger partial charge in [-0.25, -0.2) is 4.79 Å². The molecular weight excluding hydrogens is 364 g/mol. The molecule has 0 aliphatic carbocycles. The molecule has 0 aromatic heterocycles. The Hall–Kier alpha value is -3.06. The summed E-state index contributed by atoms with van der Waals surface area (Å²) >= 11 is 0.898. The maximum absolute atomic E-state index is 12.5. The number of carbonyl (C=O) groups is 3. The topological polar surface area (TPSA) is 75.7 Å². The molecule has 1 heterocycles. The van der Waals surface area contributed by atoms with E-state index in [1.165, 1.54) is 12.0 Å². The Morgan fingerprint density at radius 2 is 1.85 bits per heavy atom. The SMILES string of the molecule is COC(=O)c1ccc(C=C2SC(=O)N(CNc3ccccc3C)C2=O)cc1. The molecule has 0 unspecified atom stereocenters. The summed E-state index contributed by atoms with van der Waals surface area (Å²) in [5.74, 6) is -0.771. The van der Waals surface area contributed by atoms with Gasteiger partial charge < -0.3 is 10.1 Å². The summed E-state index contributed by atoms with van der Waals surface area (Å²) in [6.07, 6.45) is 1.64. The number of ether oxygens (including phenoxy) is 1. The molecule has 27 heavy (non-hydrogen) atoms. The van der Waals surface area contributed by atoms with Crippen LogP contribution in [0.4, 0.5) is 10.5 Å². The number of amides is 2. The largest absolute Gasteiger partial charge is 0.465 e. The highest BCUT2D eigenvalue weighted by atomic mass is 32.2. The van der Waals surface area contributed by atoms with Crippen LogP contribution in [0.15, 0.2) is 53.4 Å². The summed E-state index contributed by atoms with van der Waals surface area (Å²) in [6, 6.07) is 14.3. The number of imide groups is 1. The molecule has 0 radical (unpaired) electrons. The molecule has 1 fully saturated rings. The van der Waals surface area contributed by atoms with Gasteiger partial charge in [-0.2, -0.15) is 0 Å². The first-order valence-corrected chi connectivity index (χ1v) is 9.04. The molecule has 0 atom stereocenters. The van der Waals surface area contributed by atoms with Crippen LogP contribution in [-0.4, -0.2) is 35.8 Å². The van der Waals surface area contributed by atoms with E-state index in [-0.39, 0.29) is 17.8 Å². The molecule has 2 amide bonds. The second-order valence-electron chi connectivity index (χ2n) is 5.87. The van der Waals surface area contributed by atoms with Crippen LogP contribution in [0.5, 0.6) is 0 Å². The molecule has 2 aromatic rings. The zero-order chi connectivity index (χ0) is 19.4. The average molecular weight is 382 g/mol. The molecule has 138 valence electrons. The van der Waals surface area contributed by atoms with Gasteiger partial charge in [0.1, 0.15) is 0 Å². The highest BCUT2D eigenvalue weighted by Crippen LogP contribution is 2.32. The molecule has 1 N–H and O–H groups in total. The minimum absolute atomic E-state index is 0.105. The van der Waals surface area contributed by atoms with E-state index >= 15 is 0 Å². The smallest absolute Gasteiger partial charge is 0.337 e. The third-order valence-corrected chi connectivity index (χ3v) is 4.98. The average Bonchev–Trinajstić information content (AvgIpc) is 2.94. The minimum Gasteiger partial charge on any atom is -0.465 e. The highest BCUT2D eigenvalue weighted by Gasteiger charge is 2.34. The Morgan fingerprint density at radius 3 is 2.52 bits per heavy atom. The Labute approximate surface area is 161 Å². The van der Waals surface area contributed by atoms with E-state index in [1.54, 1.807) is 30.3 Å². The van der Waals surface area contributed by atoms with Gasteiger partial charge in [-0.05, 0) is 54.1 Å². The van der Waals surface area contributed by atoms with Gasteiger partial charge in [-0.3, -0.25) is 14.5 Å². The molecule has 3 rings (SSSR count). The van der Waals surface area contributed by atoms with Gasteiger partial charge in [0, 0.05) is 5.69 Å². The van der Waals surface area contributed by atoms with Crippen LogP contribution in [0, 0.1) is 6.92 Å². The van der Waals surface area contributed by atoms with E-state index in [1.807, 2.05) is 31.2 Å². The van der Waals surface area contributed by atoms with Crippen molar-refractivity contribution in [1.82, 2.24) is 4.90 Å². The Balaban J connectivity index is 1.70. The number of hydrogen-bond donors (Lipinski definition) is 1. The summed E-state index contributed by atoms with van der Waals surface area (Å²) in [5, 5.41) is 2.80. The first kappa shape index (κ1) is 18.7. The zero-order valence-electron chi connectivity index (χ0n) is 14.9. The number of esters is 1. The molecular formula is C20H18N2O4S. The number of aryl methyl sites for hydroxylation is 1. The summed E-state index contributed by atoms with van der Waals surface area (Å²) < 4.78 is 4.66. The van der Waals surface area contributed by atoms with Gasteiger partial charge in [0.25, 0.3) is 11.1 Å². The number of nitrogens with zero attached hydrogens (tertiary/aromatic N) is 1. The molecule has 0 spiro atoms. The number of benzene rings is 2. The molecule has 1 saturated heterocycles. The first-order chi connectivity index (χ1) is 13.0. The van der Waals surface area contributed by atoms with Gasteiger partial charge in [-0.15, -0.1) is 0 Å². The maximum atomic E-state index is 12.5. The summed E-state index contributed by atoms with van der Waals surface area (Å²) in [6.45, 7) is 2.06. The van der Waals surface area contributed by atoms with Crippen LogP contribution in [0.2, 0.25) is 0 Å². The lowest BCUT2D eigenvalue weighted by molar-refractivity contribution is -0.122. The first-order valence-electron chi connectivity index (χ1n) is 8.23. The molecule has 0 bridgehead atoms. The van der Waals surface area contributed by atoms with E-state index in [4.69, 9.17) is 0 Å². The van der Waals surface area contributed by atoms with Crippen molar-refractivity contribution in [3.63, 3.8) is 0 Å². The van der Waals surface area contributed by atoms with Gasteiger partial charge in [0.2, 0.25) is 0 Å². The highest BCUT2D eigenvalue weighted by molar-refractivity contribution is 8.18. The summed E-state index contributed by atoms with van der Waals surface area (Å²) in [5.41, 5.74) is 3.05. The number of methoxy groups -OCH3 is 1. The van der Waals surface area contributed by atoms with E-state index in [9.17, 15) is 14.4 Å². The van der Waals surface area contributed by atoms with Crippen molar-refractivity contribution in [2.75, 3.05) is 19.1 Å². The van der Waals surface area contributed by atoms with Crippen molar-refractivity contribution in [1.29, 1.82) is 0 Å². The second-order valence-corrected chi connectivity index (χ2v) is 6.87. The second kappa shape index (κ2) is 8.09. The zero-order valence-corrected chi connectivity index (χ0v) is 15.7. The van der Waals surface area contributed by atoms with Crippen molar-refractivity contribution in [3.05, 3.63) is 70.1 Å². The number of hydrogen-bond acceptors (Lipinski definition) is 6. The Bertz CT molecular complexity index is 922. The summed E-state index contributed by atoms with van der Waals surface area (Å²) in [7, 11) is 1.32. The minimum atomic E-state index is -0.427. The number of thioether (sulfide) groups is 1. The maximum Gasteiger partial charge on any atom is 0.337 e. The van der Waals surface area contributed by atoms with Crippen LogP contribution in [0.1, 0.15) is 21.5 Å². The fourth-order valence-corrected chi connectivity index (χ4v) is 3.39. The number of rotatable bonds is 5. The van der Waals surface area contributed by atoms with E-state index in [2.05, 4.69) is 10.1 Å². The molecule has 1 aliphatic heterocycles. The van der Waals surface area contributed by atoms with Crippen LogP contribution >= 0.6 is 11.8 Å². The van der Waals surface area contributed by atoms with Crippen LogP contribution < -0.4 is 5.32 Å². The normalized spacial score (nSPS) is 15.3. The Kier molecular flexibility index (Phi) is 5.61. The van der Waals surface area contributed by atoms with Crippen LogP contribution in [-0.2, 0) is 9.53 Å². The van der Waals surface area contributed by atoms with Gasteiger partial charge in [-0.1, -0.05) is 30.3 Å². The van der Waals surface area contributed by atoms with Crippen molar-refractivity contribution in [3.8, 4) is 0 Å². The van der Waals surface area contributed by atoms with Gasteiger partial charge in [0.05, 0.1) is 24.2 Å². The lowest BCUT2D eigenvalue weighted by Crippen LogP contribution is -2.33.